The third-order valence-electron chi connectivity index (χ3n) is 1.51. The number of hydrogen-bond donors (Lipinski definition) is 0. The molecule has 0 unspecified atom stereocenters. The van der Waals surface area contributed by atoms with Crippen LogP contribution >= 0.6 is 0 Å². The van der Waals surface area contributed by atoms with Crippen molar-refractivity contribution in [2.75, 3.05) is 0 Å². The Bertz CT molecular complexity index is 216. The molecule has 11 heavy (non-hydrogen) atoms. The maximum atomic E-state index is 12.8. The van der Waals surface area contributed by atoms with Gasteiger partial charge in [-0.2, -0.15) is 0 Å². The average molecular weight is 155 g/mol. The van der Waals surface area contributed by atoms with E-state index in [9.17, 15) is 8.78 Å². The largest absolute Gasteiger partial charge is 0.273 e. The Labute approximate surface area is 64.9 Å². The third kappa shape index (κ3) is 1.76. The summed E-state index contributed by atoms with van der Waals surface area (Å²) in [5.41, 5.74) is 0.0370. The van der Waals surface area contributed by atoms with Gasteiger partial charge >= 0.3 is 0 Å². The van der Waals surface area contributed by atoms with E-state index < -0.39 is 12.3 Å². The van der Waals surface area contributed by atoms with E-state index in [-0.39, 0.29) is 5.56 Å². The van der Waals surface area contributed by atoms with Gasteiger partial charge in [0.15, 0.2) is 0 Å². The van der Waals surface area contributed by atoms with Gasteiger partial charge in [0.1, 0.15) is 0 Å². The first-order chi connectivity index (χ1) is 5.17. The molecule has 0 aliphatic heterocycles. The Morgan fingerprint density at radius 2 is 1.73 bits per heavy atom. The fourth-order valence-corrected chi connectivity index (χ4v) is 0.826. The minimum Gasteiger partial charge on any atom is -0.201 e. The Kier molecular flexibility index (Phi) is 2.22. The van der Waals surface area contributed by atoms with Gasteiger partial charge in [-0.1, -0.05) is 30.3 Å². The molecule has 0 amide bonds. The molecule has 59 valence electrons. The molecule has 0 saturated heterocycles. The molecule has 0 aliphatic carbocycles. The number of rotatable bonds is 2. The molecular weight excluding hydrogens is 146 g/mol. The van der Waals surface area contributed by atoms with Crippen LogP contribution in [0.3, 0.4) is 0 Å². The van der Waals surface area contributed by atoms with E-state index in [1.54, 1.807) is 18.2 Å². The summed E-state index contributed by atoms with van der Waals surface area (Å²) < 4.78 is 25.6. The standard InChI is InChI=1S/C9H9F2/c1-2-9(10,11)8-6-4-3-5-7-8/h3-7H,1-2H2. The predicted molar refractivity (Wildman–Crippen MR) is 40.3 cm³/mol. The Balaban J connectivity index is 2.93. The van der Waals surface area contributed by atoms with E-state index in [0.717, 1.165) is 0 Å². The van der Waals surface area contributed by atoms with Gasteiger partial charge in [-0.3, -0.25) is 0 Å². The van der Waals surface area contributed by atoms with Gasteiger partial charge in [-0.15, -0.1) is 0 Å². The topological polar surface area (TPSA) is 0 Å². The highest BCUT2D eigenvalue weighted by Crippen LogP contribution is 2.30. The molecule has 2 heteroatoms. The minimum atomic E-state index is -2.78. The quantitative estimate of drug-likeness (QED) is 0.615. The van der Waals surface area contributed by atoms with Crippen molar-refractivity contribution in [1.29, 1.82) is 0 Å². The van der Waals surface area contributed by atoms with Gasteiger partial charge in [-0.05, 0) is 6.92 Å². The second-order valence-corrected chi connectivity index (χ2v) is 2.32. The summed E-state index contributed by atoms with van der Waals surface area (Å²) in [7, 11) is 0. The smallest absolute Gasteiger partial charge is 0.201 e. The average Bonchev–Trinajstić information content (AvgIpc) is 2.06. The molecule has 0 atom stereocenters. The van der Waals surface area contributed by atoms with Gasteiger partial charge in [0.05, 0.1) is 0 Å². The summed E-state index contributed by atoms with van der Waals surface area (Å²) in [6.07, 6.45) is -0.392. The van der Waals surface area contributed by atoms with Crippen LogP contribution in [0.4, 0.5) is 8.78 Å². The SMILES string of the molecule is [CH2]CC(F)(F)c1ccccc1. The lowest BCUT2D eigenvalue weighted by Crippen LogP contribution is -2.10. The zero-order valence-electron chi connectivity index (χ0n) is 6.06. The highest BCUT2D eigenvalue weighted by Gasteiger charge is 2.27. The maximum absolute atomic E-state index is 12.8. The summed E-state index contributed by atoms with van der Waals surface area (Å²) in [4.78, 5) is 0. The maximum Gasteiger partial charge on any atom is 0.273 e. The summed E-state index contributed by atoms with van der Waals surface area (Å²) in [5, 5.41) is 0. The molecule has 0 spiro atoms. The second kappa shape index (κ2) is 2.99. The molecule has 0 nitrogen and oxygen atoms in total. The lowest BCUT2D eigenvalue weighted by molar-refractivity contribution is -0.00168. The third-order valence-corrected chi connectivity index (χ3v) is 1.51. The number of halogens is 2. The molecule has 0 heterocycles. The van der Waals surface area contributed by atoms with Crippen LogP contribution in [-0.4, -0.2) is 0 Å². The first-order valence-corrected chi connectivity index (χ1v) is 3.39. The van der Waals surface area contributed by atoms with Crippen molar-refractivity contribution in [2.24, 2.45) is 0 Å². The number of alkyl halides is 2. The van der Waals surface area contributed by atoms with E-state index in [2.05, 4.69) is 6.92 Å². The van der Waals surface area contributed by atoms with Crippen LogP contribution in [0.5, 0.6) is 0 Å². The monoisotopic (exact) mass is 155 g/mol. The van der Waals surface area contributed by atoms with Crippen LogP contribution in [0, 0.1) is 6.92 Å². The molecule has 1 rings (SSSR count). The zero-order valence-corrected chi connectivity index (χ0v) is 6.06. The molecule has 0 fully saturated rings. The van der Waals surface area contributed by atoms with Crippen molar-refractivity contribution >= 4 is 0 Å². The fourth-order valence-electron chi connectivity index (χ4n) is 0.826. The van der Waals surface area contributed by atoms with E-state index in [1.807, 2.05) is 0 Å². The van der Waals surface area contributed by atoms with Gasteiger partial charge in [0.25, 0.3) is 5.92 Å². The molecule has 0 aliphatic rings. The predicted octanol–water partition coefficient (Wildman–Crippen LogP) is 3.00. The normalized spacial score (nSPS) is 11.5. The Morgan fingerprint density at radius 1 is 1.18 bits per heavy atom. The van der Waals surface area contributed by atoms with Crippen molar-refractivity contribution in [3.63, 3.8) is 0 Å². The van der Waals surface area contributed by atoms with E-state index in [1.165, 1.54) is 12.1 Å². The van der Waals surface area contributed by atoms with Crippen LogP contribution in [0.1, 0.15) is 12.0 Å². The van der Waals surface area contributed by atoms with Gasteiger partial charge in [0, 0.05) is 12.0 Å². The molecule has 0 N–H and O–H groups in total. The van der Waals surface area contributed by atoms with Gasteiger partial charge < -0.3 is 0 Å². The summed E-state index contributed by atoms with van der Waals surface area (Å²) in [6.45, 7) is 3.18. The lowest BCUT2D eigenvalue weighted by atomic mass is 10.1. The van der Waals surface area contributed by atoms with E-state index in [4.69, 9.17) is 0 Å². The first kappa shape index (κ1) is 8.18. The number of hydrogen-bond acceptors (Lipinski definition) is 0. The zero-order chi connectivity index (χ0) is 8.32. The lowest BCUT2D eigenvalue weighted by Gasteiger charge is -2.13. The van der Waals surface area contributed by atoms with Gasteiger partial charge in [0.2, 0.25) is 0 Å². The van der Waals surface area contributed by atoms with Gasteiger partial charge in [-0.25, -0.2) is 8.78 Å². The molecule has 1 radical (unpaired) electrons. The minimum absolute atomic E-state index is 0.0370. The molecule has 0 saturated carbocycles. The summed E-state index contributed by atoms with van der Waals surface area (Å²) in [5.74, 6) is -2.78. The van der Waals surface area contributed by atoms with E-state index >= 15 is 0 Å². The Morgan fingerprint density at radius 3 is 2.18 bits per heavy atom. The van der Waals surface area contributed by atoms with Crippen molar-refractivity contribution in [3.8, 4) is 0 Å². The second-order valence-electron chi connectivity index (χ2n) is 2.32. The first-order valence-electron chi connectivity index (χ1n) is 3.39. The summed E-state index contributed by atoms with van der Waals surface area (Å²) in [6, 6.07) is 7.72. The Hall–Kier alpha value is -0.920. The van der Waals surface area contributed by atoms with Crippen molar-refractivity contribution < 1.29 is 8.78 Å². The van der Waals surface area contributed by atoms with Crippen LogP contribution in [0.2, 0.25) is 0 Å². The number of benzene rings is 1. The van der Waals surface area contributed by atoms with Crippen LogP contribution in [0.25, 0.3) is 0 Å². The van der Waals surface area contributed by atoms with Crippen LogP contribution in [-0.2, 0) is 5.92 Å². The van der Waals surface area contributed by atoms with Crippen LogP contribution < -0.4 is 0 Å². The fraction of sp³-hybridized carbons (Fsp3) is 0.222. The summed E-state index contributed by atoms with van der Waals surface area (Å²) >= 11 is 0. The molecule has 0 bridgehead atoms. The molecule has 0 aromatic heterocycles. The molecule has 1 aromatic rings. The van der Waals surface area contributed by atoms with Crippen molar-refractivity contribution in [2.45, 2.75) is 12.3 Å². The highest BCUT2D eigenvalue weighted by molar-refractivity contribution is 5.19. The molecular formula is C9H9F2. The highest BCUT2D eigenvalue weighted by atomic mass is 19.3. The van der Waals surface area contributed by atoms with Crippen molar-refractivity contribution in [3.05, 3.63) is 42.8 Å². The van der Waals surface area contributed by atoms with Crippen LogP contribution in [0.15, 0.2) is 30.3 Å². The molecule has 1 aromatic carbocycles. The van der Waals surface area contributed by atoms with E-state index in [0.29, 0.717) is 0 Å². The van der Waals surface area contributed by atoms with Crippen molar-refractivity contribution in [1.82, 2.24) is 0 Å².